The van der Waals surface area contributed by atoms with Crippen molar-refractivity contribution in [1.29, 1.82) is 0 Å². The topological polar surface area (TPSA) is 69.6 Å². The lowest BCUT2D eigenvalue weighted by molar-refractivity contribution is -0.136. The zero-order chi connectivity index (χ0) is 16.4. The number of hydrogen-bond donors (Lipinski definition) is 2. The molecule has 3 rings (SSSR count). The number of carbonyl (C=O) groups is 2. The fraction of sp³-hybridized carbons (Fsp3) is 0.556. The summed E-state index contributed by atoms with van der Waals surface area (Å²) in [6.45, 7) is 3.13. The van der Waals surface area contributed by atoms with Gasteiger partial charge in [0, 0.05) is 31.1 Å². The zero-order valence-electron chi connectivity index (χ0n) is 13.5. The summed E-state index contributed by atoms with van der Waals surface area (Å²) in [5.41, 5.74) is 2.01. The van der Waals surface area contributed by atoms with Gasteiger partial charge in [0.1, 0.15) is 0 Å². The molecule has 5 heteroatoms. The number of aliphatic hydroxyl groups excluding tert-OH is 1. The van der Waals surface area contributed by atoms with Gasteiger partial charge in [-0.2, -0.15) is 0 Å². The normalized spacial score (nSPS) is 27.3. The largest absolute Gasteiger partial charge is 0.391 e. The number of β-amino-alcohol motifs (C(OH)–C–C–N with tert-alkyl or cyclic N) is 1. The number of piperidine rings is 1. The standard InChI is InChI=1S/C18H24N2O3/c1-12-8-9-20(11-16(12)21)17(22)7-6-14-10-13-4-2-3-5-15(13)19-18(14)23/h2-5,12,14,16,21H,6-11H2,1H3,(H,19,23). The number of nitrogens with zero attached hydrogens (tertiary/aromatic N) is 1. The second kappa shape index (κ2) is 6.71. The summed E-state index contributed by atoms with van der Waals surface area (Å²) < 4.78 is 0. The van der Waals surface area contributed by atoms with E-state index in [1.54, 1.807) is 4.90 Å². The molecule has 0 aromatic heterocycles. The zero-order valence-corrected chi connectivity index (χ0v) is 13.5. The van der Waals surface area contributed by atoms with Crippen molar-refractivity contribution in [3.05, 3.63) is 29.8 Å². The molecule has 0 radical (unpaired) electrons. The molecule has 23 heavy (non-hydrogen) atoms. The minimum atomic E-state index is -0.433. The van der Waals surface area contributed by atoms with Crippen molar-refractivity contribution in [1.82, 2.24) is 4.90 Å². The summed E-state index contributed by atoms with van der Waals surface area (Å²) >= 11 is 0. The van der Waals surface area contributed by atoms with E-state index < -0.39 is 6.10 Å². The minimum Gasteiger partial charge on any atom is -0.391 e. The molecule has 3 atom stereocenters. The highest BCUT2D eigenvalue weighted by molar-refractivity contribution is 5.96. The Hall–Kier alpha value is -1.88. The van der Waals surface area contributed by atoms with Crippen LogP contribution in [-0.4, -0.2) is 41.0 Å². The number of carbonyl (C=O) groups excluding carboxylic acids is 2. The number of anilines is 1. The van der Waals surface area contributed by atoms with Crippen molar-refractivity contribution in [2.45, 2.75) is 38.7 Å². The van der Waals surface area contributed by atoms with Crippen molar-refractivity contribution < 1.29 is 14.7 Å². The second-order valence-electron chi connectivity index (χ2n) is 6.76. The number of amides is 2. The second-order valence-corrected chi connectivity index (χ2v) is 6.76. The Bertz CT molecular complexity index is 602. The van der Waals surface area contributed by atoms with E-state index in [2.05, 4.69) is 5.32 Å². The molecular weight excluding hydrogens is 292 g/mol. The molecule has 0 bridgehead atoms. The van der Waals surface area contributed by atoms with Crippen molar-refractivity contribution >= 4 is 17.5 Å². The summed E-state index contributed by atoms with van der Waals surface area (Å²) in [5.74, 6) is 0.147. The van der Waals surface area contributed by atoms with E-state index in [0.717, 1.165) is 17.7 Å². The first-order chi connectivity index (χ1) is 11.0. The molecule has 0 saturated carbocycles. The SMILES string of the molecule is CC1CCN(C(=O)CCC2Cc3ccccc3NC2=O)CC1O. The first-order valence-electron chi connectivity index (χ1n) is 8.39. The molecule has 0 aliphatic carbocycles. The Morgan fingerprint density at radius 3 is 2.96 bits per heavy atom. The molecule has 1 fully saturated rings. The summed E-state index contributed by atoms with van der Waals surface area (Å²) in [6.07, 6.45) is 2.01. The van der Waals surface area contributed by atoms with Crippen LogP contribution in [-0.2, 0) is 16.0 Å². The fourth-order valence-electron chi connectivity index (χ4n) is 3.38. The van der Waals surface area contributed by atoms with Gasteiger partial charge in [-0.25, -0.2) is 0 Å². The molecule has 124 valence electrons. The predicted molar refractivity (Wildman–Crippen MR) is 87.9 cm³/mol. The molecule has 2 N–H and O–H groups in total. The van der Waals surface area contributed by atoms with Crippen molar-refractivity contribution in [2.75, 3.05) is 18.4 Å². The van der Waals surface area contributed by atoms with Crippen LogP contribution < -0.4 is 5.32 Å². The first-order valence-corrected chi connectivity index (χ1v) is 8.39. The number of hydrogen-bond acceptors (Lipinski definition) is 3. The molecule has 5 nitrogen and oxygen atoms in total. The molecule has 3 unspecified atom stereocenters. The number of fused-ring (bicyclic) bond motifs is 1. The van der Waals surface area contributed by atoms with Gasteiger partial charge in [0.25, 0.3) is 0 Å². The Balaban J connectivity index is 1.54. The van der Waals surface area contributed by atoms with Crippen LogP contribution in [0.3, 0.4) is 0 Å². The van der Waals surface area contributed by atoms with Crippen LogP contribution in [0.1, 0.15) is 31.7 Å². The minimum absolute atomic E-state index is 0.00352. The van der Waals surface area contributed by atoms with Gasteiger partial charge in [0.05, 0.1) is 6.10 Å². The Labute approximate surface area is 136 Å². The van der Waals surface area contributed by atoms with E-state index in [1.165, 1.54) is 0 Å². The lowest BCUT2D eigenvalue weighted by Gasteiger charge is -2.34. The molecule has 2 amide bonds. The summed E-state index contributed by atoms with van der Waals surface area (Å²) in [6, 6.07) is 7.80. The van der Waals surface area contributed by atoms with Gasteiger partial charge in [-0.15, -0.1) is 0 Å². The van der Waals surface area contributed by atoms with Crippen LogP contribution >= 0.6 is 0 Å². The maximum absolute atomic E-state index is 12.3. The summed E-state index contributed by atoms with van der Waals surface area (Å²) in [7, 11) is 0. The molecule has 0 spiro atoms. The summed E-state index contributed by atoms with van der Waals surface area (Å²) in [4.78, 5) is 26.2. The van der Waals surface area contributed by atoms with Crippen LogP contribution in [0.2, 0.25) is 0 Å². The van der Waals surface area contributed by atoms with Crippen molar-refractivity contribution in [2.24, 2.45) is 11.8 Å². The van der Waals surface area contributed by atoms with Gasteiger partial charge in [-0.1, -0.05) is 25.1 Å². The molecular formula is C18H24N2O3. The van der Waals surface area contributed by atoms with Gasteiger partial charge < -0.3 is 15.3 Å². The third-order valence-corrected chi connectivity index (χ3v) is 5.09. The number of benzene rings is 1. The van der Waals surface area contributed by atoms with E-state index in [-0.39, 0.29) is 23.7 Å². The summed E-state index contributed by atoms with van der Waals surface area (Å²) in [5, 5.41) is 12.8. The van der Waals surface area contributed by atoms with Gasteiger partial charge >= 0.3 is 0 Å². The maximum atomic E-state index is 12.3. The van der Waals surface area contributed by atoms with Crippen LogP contribution in [0, 0.1) is 11.8 Å². The number of nitrogens with one attached hydrogen (secondary N) is 1. The van der Waals surface area contributed by atoms with Crippen LogP contribution in [0.15, 0.2) is 24.3 Å². The lowest BCUT2D eigenvalue weighted by atomic mass is 9.89. The Morgan fingerprint density at radius 1 is 1.39 bits per heavy atom. The quantitative estimate of drug-likeness (QED) is 0.893. The number of aliphatic hydroxyl groups is 1. The molecule has 2 aliphatic rings. The van der Waals surface area contributed by atoms with Gasteiger partial charge in [-0.3, -0.25) is 9.59 Å². The predicted octanol–water partition coefficient (Wildman–Crippen LogP) is 1.81. The highest BCUT2D eigenvalue weighted by Gasteiger charge is 2.30. The first kappa shape index (κ1) is 16.0. The monoisotopic (exact) mass is 316 g/mol. The van der Waals surface area contributed by atoms with Crippen molar-refractivity contribution in [3.8, 4) is 0 Å². The van der Waals surface area contributed by atoms with E-state index in [4.69, 9.17) is 0 Å². The average molecular weight is 316 g/mol. The van der Waals surface area contributed by atoms with Gasteiger partial charge in [0.15, 0.2) is 0 Å². The molecule has 2 heterocycles. The highest BCUT2D eigenvalue weighted by atomic mass is 16.3. The van der Waals surface area contributed by atoms with Crippen LogP contribution in [0.5, 0.6) is 0 Å². The van der Waals surface area contributed by atoms with Gasteiger partial charge in [0.2, 0.25) is 11.8 Å². The average Bonchev–Trinajstić information content (AvgIpc) is 2.55. The van der Waals surface area contributed by atoms with Crippen molar-refractivity contribution in [3.63, 3.8) is 0 Å². The van der Waals surface area contributed by atoms with Crippen LogP contribution in [0.25, 0.3) is 0 Å². The number of rotatable bonds is 3. The Morgan fingerprint density at radius 2 is 2.17 bits per heavy atom. The van der Waals surface area contributed by atoms with E-state index >= 15 is 0 Å². The van der Waals surface area contributed by atoms with Crippen LogP contribution in [0.4, 0.5) is 5.69 Å². The van der Waals surface area contributed by atoms with E-state index in [9.17, 15) is 14.7 Å². The molecule has 2 aliphatic heterocycles. The highest BCUT2D eigenvalue weighted by Crippen LogP contribution is 2.28. The Kier molecular flexibility index (Phi) is 4.66. The third-order valence-electron chi connectivity index (χ3n) is 5.09. The van der Waals surface area contributed by atoms with Gasteiger partial charge in [-0.05, 0) is 36.8 Å². The molecule has 1 saturated heterocycles. The maximum Gasteiger partial charge on any atom is 0.227 e. The number of para-hydroxylation sites is 1. The smallest absolute Gasteiger partial charge is 0.227 e. The molecule has 1 aromatic carbocycles. The third kappa shape index (κ3) is 3.55. The van der Waals surface area contributed by atoms with E-state index in [1.807, 2.05) is 31.2 Å². The lowest BCUT2D eigenvalue weighted by Crippen LogP contribution is -2.46. The van der Waals surface area contributed by atoms with E-state index in [0.29, 0.717) is 32.4 Å². The molecule has 1 aromatic rings. The number of likely N-dealkylation sites (tertiary alicyclic amines) is 1. The fourth-order valence-corrected chi connectivity index (χ4v) is 3.38.